The number of urea groups is 1. The molecule has 0 saturated heterocycles. The van der Waals surface area contributed by atoms with Crippen molar-refractivity contribution in [2.24, 2.45) is 5.92 Å². The molecule has 0 aliphatic heterocycles. The summed E-state index contributed by atoms with van der Waals surface area (Å²) in [5.74, 6) is -0.0253. The quantitative estimate of drug-likeness (QED) is 0.694. The maximum Gasteiger partial charge on any atom is 0.321 e. The molecule has 6 nitrogen and oxygen atoms in total. The van der Waals surface area contributed by atoms with Crippen molar-refractivity contribution in [1.29, 1.82) is 0 Å². The monoisotopic (exact) mass is 424 g/mol. The highest BCUT2D eigenvalue weighted by molar-refractivity contribution is 9.10. The van der Waals surface area contributed by atoms with Crippen LogP contribution in [0.2, 0.25) is 0 Å². The molecule has 2 rings (SSSR count). The third-order valence-electron chi connectivity index (χ3n) is 3.27. The van der Waals surface area contributed by atoms with E-state index in [-0.39, 0.29) is 5.91 Å². The van der Waals surface area contributed by atoms with E-state index in [4.69, 9.17) is 0 Å². The van der Waals surface area contributed by atoms with Crippen LogP contribution in [0.25, 0.3) is 5.69 Å². The van der Waals surface area contributed by atoms with Gasteiger partial charge in [0.2, 0.25) is 5.91 Å². The van der Waals surface area contributed by atoms with Gasteiger partial charge < -0.3 is 5.32 Å². The summed E-state index contributed by atoms with van der Waals surface area (Å²) in [5.41, 5.74) is 0.950. The van der Waals surface area contributed by atoms with Gasteiger partial charge in [0.05, 0.1) is 5.25 Å². The molecule has 1 heterocycles. The summed E-state index contributed by atoms with van der Waals surface area (Å²) < 4.78 is 2.89. The lowest BCUT2D eigenvalue weighted by Gasteiger charge is -2.13. The first kappa shape index (κ1) is 19.5. The average Bonchev–Trinajstić information content (AvgIpc) is 3.01. The molecule has 1 aromatic heterocycles. The molecule has 1 aromatic carbocycles. The highest BCUT2D eigenvalue weighted by atomic mass is 79.9. The minimum Gasteiger partial charge on any atom is -0.338 e. The second-order valence-corrected chi connectivity index (χ2v) is 8.13. The Bertz CT molecular complexity index is 731. The summed E-state index contributed by atoms with van der Waals surface area (Å²) in [6.07, 6.45) is 3.52. The lowest BCUT2D eigenvalue weighted by atomic mass is 10.2. The van der Waals surface area contributed by atoms with E-state index in [1.54, 1.807) is 13.1 Å². The number of carbonyl (C=O) groups excluding carboxylic acids is 2. The van der Waals surface area contributed by atoms with Gasteiger partial charge in [-0.05, 0) is 37.1 Å². The molecule has 0 aliphatic carbocycles. The Kier molecular flexibility index (Phi) is 7.07. The molecule has 0 spiro atoms. The van der Waals surface area contributed by atoms with E-state index >= 15 is 0 Å². The number of nitrogens with zero attached hydrogens (tertiary/aromatic N) is 2. The number of imidazole rings is 1. The van der Waals surface area contributed by atoms with E-state index in [9.17, 15) is 9.59 Å². The predicted molar refractivity (Wildman–Crippen MR) is 103 cm³/mol. The first-order valence-corrected chi connectivity index (χ1v) is 9.58. The molecule has 1 unspecified atom stereocenters. The van der Waals surface area contributed by atoms with Crippen molar-refractivity contribution in [2.75, 3.05) is 6.54 Å². The van der Waals surface area contributed by atoms with Crippen molar-refractivity contribution in [1.82, 2.24) is 20.2 Å². The highest BCUT2D eigenvalue weighted by Gasteiger charge is 2.19. The largest absolute Gasteiger partial charge is 0.338 e. The van der Waals surface area contributed by atoms with Gasteiger partial charge in [-0.15, -0.1) is 0 Å². The SMILES string of the molecule is CC(C)CNC(=O)NC(=O)C(C)Sc1nccn1-c1ccc(Br)cc1. The summed E-state index contributed by atoms with van der Waals surface area (Å²) >= 11 is 4.71. The Morgan fingerprint density at radius 2 is 1.92 bits per heavy atom. The normalized spacial score (nSPS) is 12.0. The van der Waals surface area contributed by atoms with Crippen LogP contribution in [0.15, 0.2) is 46.3 Å². The zero-order chi connectivity index (χ0) is 18.4. The van der Waals surface area contributed by atoms with Crippen molar-refractivity contribution < 1.29 is 9.59 Å². The van der Waals surface area contributed by atoms with Crippen LogP contribution >= 0.6 is 27.7 Å². The van der Waals surface area contributed by atoms with E-state index in [0.717, 1.165) is 10.2 Å². The lowest BCUT2D eigenvalue weighted by molar-refractivity contribution is -0.119. The van der Waals surface area contributed by atoms with Crippen LogP contribution in [0.5, 0.6) is 0 Å². The van der Waals surface area contributed by atoms with Crippen LogP contribution in [0, 0.1) is 5.92 Å². The van der Waals surface area contributed by atoms with Gasteiger partial charge in [-0.1, -0.05) is 41.5 Å². The number of thioether (sulfide) groups is 1. The molecule has 1 atom stereocenters. The first-order chi connectivity index (χ1) is 11.9. The molecule has 8 heteroatoms. The number of imide groups is 1. The van der Waals surface area contributed by atoms with E-state index in [1.807, 2.05) is 48.9 Å². The number of rotatable bonds is 6. The number of halogens is 1. The average molecular weight is 425 g/mol. The van der Waals surface area contributed by atoms with Gasteiger partial charge in [0.1, 0.15) is 0 Å². The second-order valence-electron chi connectivity index (χ2n) is 5.91. The highest BCUT2D eigenvalue weighted by Crippen LogP contribution is 2.25. The third-order valence-corrected chi connectivity index (χ3v) is 4.88. The fourth-order valence-electron chi connectivity index (χ4n) is 1.94. The molecule has 0 fully saturated rings. The molecular formula is C17H21BrN4O2S. The van der Waals surface area contributed by atoms with Crippen molar-refractivity contribution in [3.63, 3.8) is 0 Å². The zero-order valence-corrected chi connectivity index (χ0v) is 16.7. The van der Waals surface area contributed by atoms with Gasteiger partial charge in [-0.2, -0.15) is 0 Å². The van der Waals surface area contributed by atoms with Gasteiger partial charge in [0, 0.05) is 29.1 Å². The van der Waals surface area contributed by atoms with Crippen LogP contribution in [-0.2, 0) is 4.79 Å². The predicted octanol–water partition coefficient (Wildman–Crippen LogP) is 3.60. The number of aromatic nitrogens is 2. The number of hydrogen-bond acceptors (Lipinski definition) is 4. The Morgan fingerprint density at radius 3 is 2.56 bits per heavy atom. The second kappa shape index (κ2) is 9.05. The summed E-state index contributed by atoms with van der Waals surface area (Å²) in [6, 6.07) is 7.33. The maximum atomic E-state index is 12.2. The molecule has 3 amide bonds. The van der Waals surface area contributed by atoms with E-state index in [0.29, 0.717) is 17.6 Å². The molecule has 0 aliphatic rings. The van der Waals surface area contributed by atoms with Crippen LogP contribution in [0.4, 0.5) is 4.79 Å². The summed E-state index contributed by atoms with van der Waals surface area (Å²) in [6.45, 7) is 6.25. The minimum atomic E-state index is -0.470. The fraction of sp³-hybridized carbons (Fsp3) is 0.353. The zero-order valence-electron chi connectivity index (χ0n) is 14.3. The molecule has 25 heavy (non-hydrogen) atoms. The number of nitrogens with one attached hydrogen (secondary N) is 2. The van der Waals surface area contributed by atoms with Gasteiger partial charge in [0.25, 0.3) is 0 Å². The number of amides is 3. The number of carbonyl (C=O) groups is 2. The van der Waals surface area contributed by atoms with Gasteiger partial charge in [-0.25, -0.2) is 9.78 Å². The maximum absolute atomic E-state index is 12.2. The van der Waals surface area contributed by atoms with E-state index in [1.165, 1.54) is 11.8 Å². The molecule has 2 N–H and O–H groups in total. The molecule has 134 valence electrons. The van der Waals surface area contributed by atoms with Gasteiger partial charge >= 0.3 is 6.03 Å². The molecule has 0 saturated carbocycles. The Morgan fingerprint density at radius 1 is 1.24 bits per heavy atom. The Balaban J connectivity index is 1.98. The van der Waals surface area contributed by atoms with Crippen molar-refractivity contribution in [3.8, 4) is 5.69 Å². The topological polar surface area (TPSA) is 76.0 Å². The summed E-state index contributed by atoms with van der Waals surface area (Å²) in [7, 11) is 0. The van der Waals surface area contributed by atoms with Crippen LogP contribution in [0.1, 0.15) is 20.8 Å². The van der Waals surface area contributed by atoms with Crippen LogP contribution in [0.3, 0.4) is 0 Å². The molecular weight excluding hydrogens is 404 g/mol. The summed E-state index contributed by atoms with van der Waals surface area (Å²) in [5, 5.41) is 5.26. The fourth-order valence-corrected chi connectivity index (χ4v) is 3.09. The standard InChI is InChI=1S/C17H21BrN4O2S/c1-11(2)10-20-16(24)21-15(23)12(3)25-17-19-8-9-22(17)14-6-4-13(18)5-7-14/h4-9,11-12H,10H2,1-3H3,(H2,20,21,23,24). The molecule has 2 aromatic rings. The van der Waals surface area contributed by atoms with Crippen molar-refractivity contribution in [3.05, 3.63) is 41.1 Å². The first-order valence-electron chi connectivity index (χ1n) is 7.91. The molecule has 0 radical (unpaired) electrons. The van der Waals surface area contributed by atoms with E-state index < -0.39 is 11.3 Å². The third kappa shape index (κ3) is 5.89. The van der Waals surface area contributed by atoms with Crippen LogP contribution < -0.4 is 10.6 Å². The smallest absolute Gasteiger partial charge is 0.321 e. The number of benzene rings is 1. The Hall–Kier alpha value is -1.80. The summed E-state index contributed by atoms with van der Waals surface area (Å²) in [4.78, 5) is 28.2. The number of hydrogen-bond donors (Lipinski definition) is 2. The van der Waals surface area contributed by atoms with Crippen molar-refractivity contribution in [2.45, 2.75) is 31.2 Å². The van der Waals surface area contributed by atoms with Gasteiger partial charge in [0.15, 0.2) is 5.16 Å². The Labute approximate surface area is 159 Å². The van der Waals surface area contributed by atoms with Crippen LogP contribution in [-0.4, -0.2) is 33.3 Å². The van der Waals surface area contributed by atoms with Gasteiger partial charge in [-0.3, -0.25) is 14.7 Å². The lowest BCUT2D eigenvalue weighted by Crippen LogP contribution is -2.43. The van der Waals surface area contributed by atoms with Crippen molar-refractivity contribution >= 4 is 39.6 Å². The minimum absolute atomic E-state index is 0.325. The van der Waals surface area contributed by atoms with E-state index in [2.05, 4.69) is 31.5 Å². The molecule has 0 bridgehead atoms.